The molecular formula is C10H10Br2ClNO3. The summed E-state index contributed by atoms with van der Waals surface area (Å²) < 4.78 is 6.64. The average Bonchev–Trinajstić information content (AvgIpc) is 2.27. The van der Waals surface area contributed by atoms with Gasteiger partial charge in [-0.05, 0) is 31.9 Å². The first-order valence-corrected chi connectivity index (χ1v) is 6.90. The van der Waals surface area contributed by atoms with E-state index in [0.717, 1.165) is 0 Å². The highest BCUT2D eigenvalue weighted by Gasteiger charge is 2.15. The molecule has 0 fully saturated rings. The molecule has 1 atom stereocenters. The maximum atomic E-state index is 10.6. The average molecular weight is 387 g/mol. The Kier molecular flexibility index (Phi) is 5.69. The molecule has 4 nitrogen and oxygen atoms in total. The summed E-state index contributed by atoms with van der Waals surface area (Å²) >= 11 is 12.2. The molecule has 0 aliphatic carbocycles. The first-order valence-electron chi connectivity index (χ1n) is 4.78. The fraction of sp³-hybridized carbons (Fsp3) is 0.400. The lowest BCUT2D eigenvalue weighted by Crippen LogP contribution is -2.10. The van der Waals surface area contributed by atoms with Crippen LogP contribution in [-0.4, -0.2) is 17.4 Å². The smallest absolute Gasteiger partial charge is 0.271 e. The Morgan fingerprint density at radius 3 is 2.41 bits per heavy atom. The molecule has 1 aromatic carbocycles. The van der Waals surface area contributed by atoms with Crippen LogP contribution in [0.1, 0.15) is 6.92 Å². The second-order valence-corrected chi connectivity index (χ2v) is 5.58. The number of ether oxygens (including phenoxy) is 1. The summed E-state index contributed by atoms with van der Waals surface area (Å²) in [4.78, 5) is 10.2. The van der Waals surface area contributed by atoms with E-state index < -0.39 is 4.92 Å². The molecule has 0 aliphatic rings. The predicted octanol–water partition coefficient (Wildman–Crippen LogP) is 4.37. The molecule has 0 saturated heterocycles. The second-order valence-electron chi connectivity index (χ2n) is 3.57. The van der Waals surface area contributed by atoms with Gasteiger partial charge in [0.05, 0.1) is 20.5 Å². The largest absolute Gasteiger partial charge is 0.491 e. The van der Waals surface area contributed by atoms with E-state index >= 15 is 0 Å². The number of nitro groups is 1. The molecule has 0 heterocycles. The van der Waals surface area contributed by atoms with Gasteiger partial charge in [0.2, 0.25) is 0 Å². The first kappa shape index (κ1) is 14.7. The fourth-order valence-corrected chi connectivity index (χ4v) is 2.54. The number of hydrogen-bond acceptors (Lipinski definition) is 3. The van der Waals surface area contributed by atoms with Crippen LogP contribution in [0.3, 0.4) is 0 Å². The fourth-order valence-electron chi connectivity index (χ4n) is 1.06. The van der Waals surface area contributed by atoms with Gasteiger partial charge in [0.15, 0.2) is 0 Å². The minimum atomic E-state index is -0.458. The Morgan fingerprint density at radius 2 is 2.00 bits per heavy atom. The number of hydrogen-bond donors (Lipinski definition) is 0. The van der Waals surface area contributed by atoms with Crippen molar-refractivity contribution < 1.29 is 9.66 Å². The van der Waals surface area contributed by atoms with Crippen LogP contribution in [0.5, 0.6) is 5.75 Å². The van der Waals surface area contributed by atoms with Gasteiger partial charge in [0.25, 0.3) is 5.69 Å². The Bertz CT molecular complexity index is 405. The van der Waals surface area contributed by atoms with E-state index in [9.17, 15) is 10.1 Å². The molecule has 0 spiro atoms. The van der Waals surface area contributed by atoms with Crippen LogP contribution in [0.25, 0.3) is 0 Å². The molecule has 0 radical (unpaired) electrons. The molecule has 7 heteroatoms. The van der Waals surface area contributed by atoms with Crippen molar-refractivity contribution in [3.63, 3.8) is 0 Å². The zero-order chi connectivity index (χ0) is 13.0. The summed E-state index contributed by atoms with van der Waals surface area (Å²) in [6, 6.07) is 2.82. The van der Waals surface area contributed by atoms with Crippen LogP contribution in [0.15, 0.2) is 21.1 Å². The topological polar surface area (TPSA) is 52.4 Å². The highest BCUT2D eigenvalue weighted by molar-refractivity contribution is 9.11. The number of nitro benzene ring substituents is 1. The van der Waals surface area contributed by atoms with Crippen molar-refractivity contribution in [3.8, 4) is 5.75 Å². The SMILES string of the molecule is CC(CCl)COc1c(Br)cc([N+](=O)[O-])cc1Br. The molecular weight excluding hydrogens is 377 g/mol. The van der Waals surface area contributed by atoms with E-state index in [4.69, 9.17) is 16.3 Å². The van der Waals surface area contributed by atoms with E-state index in [0.29, 0.717) is 27.2 Å². The Balaban J connectivity index is 2.90. The first-order chi connectivity index (χ1) is 7.95. The molecule has 0 aromatic heterocycles. The monoisotopic (exact) mass is 385 g/mol. The number of alkyl halides is 1. The minimum absolute atomic E-state index is 0.00138. The predicted molar refractivity (Wildman–Crippen MR) is 73.9 cm³/mol. The molecule has 17 heavy (non-hydrogen) atoms. The van der Waals surface area contributed by atoms with Gasteiger partial charge >= 0.3 is 0 Å². The highest BCUT2D eigenvalue weighted by atomic mass is 79.9. The van der Waals surface area contributed by atoms with Gasteiger partial charge in [-0.3, -0.25) is 10.1 Å². The van der Waals surface area contributed by atoms with Gasteiger partial charge in [-0.1, -0.05) is 6.92 Å². The van der Waals surface area contributed by atoms with E-state index in [1.807, 2.05) is 6.92 Å². The van der Waals surface area contributed by atoms with Crippen LogP contribution in [0, 0.1) is 16.0 Å². The van der Waals surface area contributed by atoms with Gasteiger partial charge < -0.3 is 4.74 Å². The Morgan fingerprint density at radius 1 is 1.47 bits per heavy atom. The molecule has 1 rings (SSSR count). The number of nitrogens with zero attached hydrogens (tertiary/aromatic N) is 1. The van der Waals surface area contributed by atoms with Gasteiger partial charge in [-0.15, -0.1) is 11.6 Å². The van der Waals surface area contributed by atoms with E-state index in [2.05, 4.69) is 31.9 Å². The van der Waals surface area contributed by atoms with Crippen molar-refractivity contribution in [1.82, 2.24) is 0 Å². The number of non-ortho nitro benzene ring substituents is 1. The zero-order valence-electron chi connectivity index (χ0n) is 8.95. The number of benzene rings is 1. The van der Waals surface area contributed by atoms with Crippen molar-refractivity contribution in [1.29, 1.82) is 0 Å². The number of rotatable bonds is 5. The van der Waals surface area contributed by atoms with Crippen molar-refractivity contribution in [2.45, 2.75) is 6.92 Å². The summed E-state index contributed by atoms with van der Waals surface area (Å²) in [7, 11) is 0. The second kappa shape index (κ2) is 6.56. The van der Waals surface area contributed by atoms with Crippen LogP contribution in [0.4, 0.5) is 5.69 Å². The van der Waals surface area contributed by atoms with Crippen molar-refractivity contribution in [2.75, 3.05) is 12.5 Å². The summed E-state index contributed by atoms with van der Waals surface area (Å²) in [5, 5.41) is 10.6. The van der Waals surface area contributed by atoms with Crippen molar-refractivity contribution >= 4 is 49.1 Å². The quantitative estimate of drug-likeness (QED) is 0.428. The third-order valence-corrected chi connectivity index (χ3v) is 3.67. The van der Waals surface area contributed by atoms with Crippen LogP contribution in [-0.2, 0) is 0 Å². The summed E-state index contributed by atoms with van der Waals surface area (Å²) in [6.45, 7) is 2.42. The molecule has 0 amide bonds. The van der Waals surface area contributed by atoms with Gasteiger partial charge in [-0.25, -0.2) is 0 Å². The minimum Gasteiger partial charge on any atom is -0.491 e. The molecule has 1 aromatic rings. The third-order valence-electron chi connectivity index (χ3n) is 1.97. The maximum Gasteiger partial charge on any atom is 0.271 e. The molecule has 0 aliphatic heterocycles. The Hall–Kier alpha value is -0.330. The lowest BCUT2D eigenvalue weighted by Gasteiger charge is -2.13. The van der Waals surface area contributed by atoms with Crippen molar-refractivity contribution in [2.24, 2.45) is 5.92 Å². The van der Waals surface area contributed by atoms with Gasteiger partial charge in [0.1, 0.15) is 5.75 Å². The highest BCUT2D eigenvalue weighted by Crippen LogP contribution is 2.37. The summed E-state index contributed by atoms with van der Waals surface area (Å²) in [5.41, 5.74) is 0.00138. The molecule has 0 N–H and O–H groups in total. The van der Waals surface area contributed by atoms with Crippen LogP contribution in [0.2, 0.25) is 0 Å². The molecule has 0 saturated carbocycles. The van der Waals surface area contributed by atoms with Crippen molar-refractivity contribution in [3.05, 3.63) is 31.2 Å². The van der Waals surface area contributed by atoms with E-state index in [1.54, 1.807) is 0 Å². The molecule has 94 valence electrons. The normalized spacial score (nSPS) is 12.2. The number of halogens is 3. The van der Waals surface area contributed by atoms with Gasteiger partial charge in [0, 0.05) is 23.9 Å². The lowest BCUT2D eigenvalue weighted by atomic mass is 10.2. The van der Waals surface area contributed by atoms with Crippen LogP contribution < -0.4 is 4.74 Å². The molecule has 0 bridgehead atoms. The zero-order valence-corrected chi connectivity index (χ0v) is 12.9. The lowest BCUT2D eigenvalue weighted by molar-refractivity contribution is -0.385. The van der Waals surface area contributed by atoms with E-state index in [-0.39, 0.29) is 11.6 Å². The van der Waals surface area contributed by atoms with Crippen LogP contribution >= 0.6 is 43.5 Å². The Labute approximate surface area is 121 Å². The summed E-state index contributed by atoms with van der Waals surface area (Å²) in [5.74, 6) is 1.26. The standard InChI is InChI=1S/C10H10Br2ClNO3/c1-6(4-13)5-17-10-8(11)2-7(14(15)16)3-9(10)12/h2-3,6H,4-5H2,1H3. The third kappa shape index (κ3) is 4.12. The molecule has 1 unspecified atom stereocenters. The maximum absolute atomic E-state index is 10.6. The summed E-state index contributed by atoms with van der Waals surface area (Å²) in [6.07, 6.45) is 0. The van der Waals surface area contributed by atoms with Gasteiger partial charge in [-0.2, -0.15) is 0 Å². The van der Waals surface area contributed by atoms with E-state index in [1.165, 1.54) is 12.1 Å².